The van der Waals surface area contributed by atoms with Crippen molar-refractivity contribution in [3.8, 4) is 0 Å². The Bertz CT molecular complexity index is 816. The number of anilines is 2. The quantitative estimate of drug-likeness (QED) is 0.830. The summed E-state index contributed by atoms with van der Waals surface area (Å²) in [6.07, 6.45) is 2.45. The zero-order valence-electron chi connectivity index (χ0n) is 16.5. The number of rotatable bonds is 4. The van der Waals surface area contributed by atoms with Gasteiger partial charge in [-0.1, -0.05) is 36.4 Å². The number of nitrogen functional groups attached to an aromatic ring is 1. The van der Waals surface area contributed by atoms with Gasteiger partial charge < -0.3 is 20.3 Å². The number of ether oxygens (including phenoxy) is 1. The summed E-state index contributed by atoms with van der Waals surface area (Å²) in [6.45, 7) is 5.48. The monoisotopic (exact) mass is 379 g/mol. The number of hydrogen-bond donors (Lipinski definition) is 1. The van der Waals surface area contributed by atoms with Gasteiger partial charge in [0, 0.05) is 31.0 Å². The van der Waals surface area contributed by atoms with Gasteiger partial charge in [-0.05, 0) is 49.9 Å². The number of morpholine rings is 1. The molecule has 2 saturated heterocycles. The van der Waals surface area contributed by atoms with Crippen LogP contribution in [0.4, 0.5) is 11.4 Å². The van der Waals surface area contributed by atoms with E-state index in [9.17, 15) is 4.79 Å². The summed E-state index contributed by atoms with van der Waals surface area (Å²) >= 11 is 0. The van der Waals surface area contributed by atoms with E-state index in [1.807, 2.05) is 60.4 Å². The molecule has 2 aromatic rings. The number of nitrogens with two attached hydrogens (primary N) is 1. The van der Waals surface area contributed by atoms with Gasteiger partial charge in [0.05, 0.1) is 12.1 Å². The van der Waals surface area contributed by atoms with Gasteiger partial charge in [0.1, 0.15) is 6.10 Å². The Morgan fingerprint density at radius 1 is 1.07 bits per heavy atom. The first kappa shape index (κ1) is 19.0. The van der Waals surface area contributed by atoms with Gasteiger partial charge in [-0.15, -0.1) is 0 Å². The number of benzene rings is 2. The highest BCUT2D eigenvalue weighted by Crippen LogP contribution is 2.35. The van der Waals surface area contributed by atoms with Crippen LogP contribution in [0.1, 0.15) is 25.3 Å². The lowest BCUT2D eigenvalue weighted by molar-refractivity contribution is -0.161. The fourth-order valence-corrected chi connectivity index (χ4v) is 4.38. The number of hydrogen-bond acceptors (Lipinski definition) is 4. The molecule has 1 unspecified atom stereocenters. The van der Waals surface area contributed by atoms with Crippen LogP contribution in [-0.4, -0.2) is 48.7 Å². The molecule has 0 radical (unpaired) electrons. The Balaban J connectivity index is 1.39. The van der Waals surface area contributed by atoms with Crippen LogP contribution in [0.25, 0.3) is 0 Å². The van der Waals surface area contributed by atoms with E-state index in [0.29, 0.717) is 6.54 Å². The van der Waals surface area contributed by atoms with E-state index >= 15 is 0 Å². The SMILES string of the molecule is CC1OC2(CCN(CCc3ccccc3N)CC2)CN(c2ccccc2)C1=O. The summed E-state index contributed by atoms with van der Waals surface area (Å²) in [7, 11) is 0. The number of amides is 1. The molecule has 2 N–H and O–H groups in total. The average molecular weight is 380 g/mol. The lowest BCUT2D eigenvalue weighted by Gasteiger charge is -2.49. The Kier molecular flexibility index (Phi) is 5.38. The number of carbonyl (C=O) groups is 1. The molecule has 0 saturated carbocycles. The number of piperidine rings is 1. The lowest BCUT2D eigenvalue weighted by Crippen LogP contribution is -2.61. The molecule has 4 rings (SSSR count). The Morgan fingerprint density at radius 2 is 1.75 bits per heavy atom. The van der Waals surface area contributed by atoms with Gasteiger partial charge in [0.25, 0.3) is 5.91 Å². The van der Waals surface area contributed by atoms with Gasteiger partial charge in [0.15, 0.2) is 0 Å². The molecule has 5 nitrogen and oxygen atoms in total. The van der Waals surface area contributed by atoms with E-state index in [1.54, 1.807) is 0 Å². The normalized spacial score (nSPS) is 22.5. The first-order valence-corrected chi connectivity index (χ1v) is 10.2. The van der Waals surface area contributed by atoms with Gasteiger partial charge in [-0.25, -0.2) is 0 Å². The van der Waals surface area contributed by atoms with E-state index in [-0.39, 0.29) is 11.5 Å². The first-order valence-electron chi connectivity index (χ1n) is 10.2. The van der Waals surface area contributed by atoms with Crippen LogP contribution in [0.2, 0.25) is 0 Å². The standard InChI is InChI=1S/C23H29N3O2/c1-18-22(27)26(20-8-3-2-4-9-20)17-23(28-18)12-15-25(16-13-23)14-11-19-7-5-6-10-21(19)24/h2-10,18H,11-17,24H2,1H3. The van der Waals surface area contributed by atoms with Crippen molar-refractivity contribution in [2.45, 2.75) is 37.9 Å². The maximum atomic E-state index is 12.7. The molecule has 2 aliphatic rings. The minimum absolute atomic E-state index is 0.0545. The second kappa shape index (κ2) is 7.94. The second-order valence-electron chi connectivity index (χ2n) is 7.99. The van der Waals surface area contributed by atoms with E-state index in [2.05, 4.69) is 11.0 Å². The highest BCUT2D eigenvalue weighted by molar-refractivity contribution is 5.97. The molecular weight excluding hydrogens is 350 g/mol. The van der Waals surface area contributed by atoms with Crippen LogP contribution in [0, 0.1) is 0 Å². The fraction of sp³-hybridized carbons (Fsp3) is 0.435. The molecular formula is C23H29N3O2. The van der Waals surface area contributed by atoms with Crippen molar-refractivity contribution < 1.29 is 9.53 Å². The molecule has 0 bridgehead atoms. The third-order valence-corrected chi connectivity index (χ3v) is 6.07. The zero-order valence-corrected chi connectivity index (χ0v) is 16.5. The minimum Gasteiger partial charge on any atom is -0.399 e. The predicted molar refractivity (Wildman–Crippen MR) is 112 cm³/mol. The molecule has 1 atom stereocenters. The van der Waals surface area contributed by atoms with E-state index in [1.165, 1.54) is 5.56 Å². The van der Waals surface area contributed by atoms with Crippen molar-refractivity contribution in [3.05, 3.63) is 60.2 Å². The Labute approximate surface area is 167 Å². The molecule has 148 valence electrons. The van der Waals surface area contributed by atoms with Crippen molar-refractivity contribution in [3.63, 3.8) is 0 Å². The Hall–Kier alpha value is -2.37. The van der Waals surface area contributed by atoms with E-state index < -0.39 is 6.10 Å². The summed E-state index contributed by atoms with van der Waals surface area (Å²) < 4.78 is 6.27. The van der Waals surface area contributed by atoms with Gasteiger partial charge in [0.2, 0.25) is 0 Å². The molecule has 0 aliphatic carbocycles. The van der Waals surface area contributed by atoms with E-state index in [0.717, 1.165) is 50.3 Å². The molecule has 5 heteroatoms. The molecule has 1 amide bonds. The molecule has 1 spiro atoms. The van der Waals surface area contributed by atoms with Crippen LogP contribution in [0.15, 0.2) is 54.6 Å². The number of nitrogens with zero attached hydrogens (tertiary/aromatic N) is 2. The highest BCUT2D eigenvalue weighted by atomic mass is 16.5. The number of likely N-dealkylation sites (tertiary alicyclic amines) is 1. The highest BCUT2D eigenvalue weighted by Gasteiger charge is 2.45. The van der Waals surface area contributed by atoms with Crippen molar-refractivity contribution >= 4 is 17.3 Å². The van der Waals surface area contributed by atoms with Crippen LogP contribution in [-0.2, 0) is 16.0 Å². The summed E-state index contributed by atoms with van der Waals surface area (Å²) in [5.74, 6) is 0.0545. The summed E-state index contributed by atoms with van der Waals surface area (Å²) in [4.78, 5) is 17.1. The smallest absolute Gasteiger partial charge is 0.255 e. The van der Waals surface area contributed by atoms with Gasteiger partial charge in [-0.3, -0.25) is 4.79 Å². The van der Waals surface area contributed by atoms with Gasteiger partial charge >= 0.3 is 0 Å². The molecule has 2 heterocycles. The molecule has 2 fully saturated rings. The van der Waals surface area contributed by atoms with Crippen LogP contribution in [0.3, 0.4) is 0 Å². The second-order valence-corrected chi connectivity index (χ2v) is 7.99. The van der Waals surface area contributed by atoms with Crippen LogP contribution in [0.5, 0.6) is 0 Å². The van der Waals surface area contributed by atoms with Gasteiger partial charge in [-0.2, -0.15) is 0 Å². The summed E-state index contributed by atoms with van der Waals surface area (Å²) in [5.41, 5.74) is 8.87. The van der Waals surface area contributed by atoms with Crippen molar-refractivity contribution in [2.75, 3.05) is 36.8 Å². The van der Waals surface area contributed by atoms with Crippen molar-refractivity contribution in [1.82, 2.24) is 4.90 Å². The van der Waals surface area contributed by atoms with E-state index in [4.69, 9.17) is 10.5 Å². The summed E-state index contributed by atoms with van der Waals surface area (Å²) in [5, 5.41) is 0. The maximum absolute atomic E-state index is 12.7. The maximum Gasteiger partial charge on any atom is 0.255 e. The lowest BCUT2D eigenvalue weighted by atomic mass is 9.88. The minimum atomic E-state index is -0.398. The Morgan fingerprint density at radius 3 is 2.46 bits per heavy atom. The van der Waals surface area contributed by atoms with Crippen molar-refractivity contribution in [1.29, 1.82) is 0 Å². The third-order valence-electron chi connectivity index (χ3n) is 6.07. The zero-order chi connectivity index (χ0) is 19.6. The average Bonchev–Trinajstić information content (AvgIpc) is 2.72. The molecule has 0 aromatic heterocycles. The fourth-order valence-electron chi connectivity index (χ4n) is 4.38. The third kappa shape index (κ3) is 3.91. The molecule has 2 aromatic carbocycles. The summed E-state index contributed by atoms with van der Waals surface area (Å²) in [6, 6.07) is 18.0. The van der Waals surface area contributed by atoms with Crippen molar-refractivity contribution in [2.24, 2.45) is 0 Å². The van der Waals surface area contributed by atoms with Crippen LogP contribution < -0.4 is 10.6 Å². The molecule has 2 aliphatic heterocycles. The number of carbonyl (C=O) groups excluding carboxylic acids is 1. The largest absolute Gasteiger partial charge is 0.399 e. The number of para-hydroxylation sites is 2. The van der Waals surface area contributed by atoms with Crippen LogP contribution >= 0.6 is 0 Å². The molecule has 28 heavy (non-hydrogen) atoms. The first-order chi connectivity index (χ1) is 13.6. The predicted octanol–water partition coefficient (Wildman–Crippen LogP) is 3.10. The topological polar surface area (TPSA) is 58.8 Å².